The molecule has 0 rings (SSSR count). The molecule has 0 fully saturated rings. The highest BCUT2D eigenvalue weighted by atomic mass is 16.6. The van der Waals surface area contributed by atoms with Gasteiger partial charge in [0.2, 0.25) is 0 Å². The third-order valence-electron chi connectivity index (χ3n) is 10.6. The van der Waals surface area contributed by atoms with E-state index >= 15 is 0 Å². The molecule has 354 valence electrons. The first-order chi connectivity index (χ1) is 30.5. The maximum absolute atomic E-state index is 12.8. The van der Waals surface area contributed by atoms with Crippen LogP contribution in [-0.4, -0.2) is 37.2 Å². The van der Waals surface area contributed by atoms with Crippen molar-refractivity contribution in [2.75, 3.05) is 13.2 Å². The third kappa shape index (κ3) is 47.6. The van der Waals surface area contributed by atoms with Gasteiger partial charge in [0.15, 0.2) is 6.10 Å². The van der Waals surface area contributed by atoms with Crippen molar-refractivity contribution in [3.63, 3.8) is 0 Å². The van der Waals surface area contributed by atoms with E-state index in [1.165, 1.54) is 70.6 Å². The Morgan fingerprint density at radius 3 is 1.05 bits per heavy atom. The van der Waals surface area contributed by atoms with Gasteiger partial charge in [0.25, 0.3) is 0 Å². The van der Waals surface area contributed by atoms with Crippen LogP contribution in [0.25, 0.3) is 0 Å². The summed E-state index contributed by atoms with van der Waals surface area (Å²) < 4.78 is 16.7. The normalized spacial score (nSPS) is 12.8. The highest BCUT2D eigenvalue weighted by Crippen LogP contribution is 2.13. The lowest BCUT2D eigenvalue weighted by Crippen LogP contribution is -2.30. The molecule has 6 nitrogen and oxygen atoms in total. The van der Waals surface area contributed by atoms with Gasteiger partial charge in [0.05, 0.1) is 0 Å². The zero-order chi connectivity index (χ0) is 45.1. The van der Waals surface area contributed by atoms with E-state index < -0.39 is 6.10 Å². The fraction of sp³-hybridized carbons (Fsp3) is 0.696. The molecule has 0 aromatic rings. The van der Waals surface area contributed by atoms with Crippen molar-refractivity contribution in [1.82, 2.24) is 0 Å². The Kier molecular flexibility index (Phi) is 47.5. The lowest BCUT2D eigenvalue weighted by molar-refractivity contribution is -0.167. The lowest BCUT2D eigenvalue weighted by Gasteiger charge is -2.18. The van der Waals surface area contributed by atoms with Crippen molar-refractivity contribution in [2.45, 2.75) is 239 Å². The molecular weight excluding hydrogens is 769 g/mol. The van der Waals surface area contributed by atoms with Gasteiger partial charge in [-0.3, -0.25) is 14.4 Å². The molecule has 6 heteroatoms. The van der Waals surface area contributed by atoms with E-state index in [1.54, 1.807) is 0 Å². The van der Waals surface area contributed by atoms with Crippen molar-refractivity contribution in [3.05, 3.63) is 85.1 Å². The second-order valence-corrected chi connectivity index (χ2v) is 16.7. The van der Waals surface area contributed by atoms with Crippen LogP contribution in [0.2, 0.25) is 0 Å². The SMILES string of the molecule is CC/C=C\C/C=C\C/C=C\CCCCCC(=O)OCC(COC(=O)CCCCCCCCC/C=C\C/C=C\CCCCC)OC(=O)CCCCCCC/C=C\C/C=C\CCCC. The van der Waals surface area contributed by atoms with Crippen LogP contribution in [0.3, 0.4) is 0 Å². The average Bonchev–Trinajstić information content (AvgIpc) is 3.27. The number of unbranched alkanes of at least 4 members (excludes halogenated alkanes) is 20. The lowest BCUT2D eigenvalue weighted by atomic mass is 10.1. The number of esters is 3. The van der Waals surface area contributed by atoms with Crippen LogP contribution in [0.1, 0.15) is 233 Å². The summed E-state index contributed by atoms with van der Waals surface area (Å²) in [4.78, 5) is 37.9. The number of carbonyl (C=O) groups is 3. The van der Waals surface area contributed by atoms with E-state index in [2.05, 4.69) is 106 Å². The molecule has 0 N–H and O–H groups in total. The van der Waals surface area contributed by atoms with Crippen LogP contribution in [0, 0.1) is 0 Å². The van der Waals surface area contributed by atoms with Crippen LogP contribution in [0.5, 0.6) is 0 Å². The summed E-state index contributed by atoms with van der Waals surface area (Å²) in [6.45, 7) is 6.41. The largest absolute Gasteiger partial charge is 0.462 e. The standard InChI is InChI=1S/C56H94O6/c1-4-7-10-13-16-19-22-25-27-28-29-32-34-37-40-43-46-49-55(58)61-52-53(51-60-54(57)48-45-42-39-36-33-30-24-21-18-15-12-9-6-3)62-56(59)50-47-44-41-38-35-31-26-23-20-17-14-11-8-5-2/h9,12,14,16-19,21,23,25-27,30,33,53H,4-8,10-11,13,15,20,22,24,28-29,31-32,34-52H2,1-3H3/b12-9-,17-14-,19-16-,21-18-,26-23-,27-25-,33-30-. The Bertz CT molecular complexity index is 1220. The van der Waals surface area contributed by atoms with Crippen molar-refractivity contribution >= 4 is 17.9 Å². The molecule has 0 radical (unpaired) electrons. The minimum Gasteiger partial charge on any atom is -0.462 e. The number of rotatable bonds is 45. The first kappa shape index (κ1) is 58.6. The molecule has 0 aliphatic heterocycles. The monoisotopic (exact) mass is 863 g/mol. The van der Waals surface area contributed by atoms with Crippen LogP contribution in [0.4, 0.5) is 0 Å². The molecule has 0 spiro atoms. The minimum absolute atomic E-state index is 0.0967. The van der Waals surface area contributed by atoms with Gasteiger partial charge in [0.1, 0.15) is 13.2 Å². The molecule has 0 heterocycles. The number of hydrogen-bond donors (Lipinski definition) is 0. The maximum Gasteiger partial charge on any atom is 0.306 e. The second kappa shape index (κ2) is 50.2. The quantitative estimate of drug-likeness (QED) is 0.0263. The van der Waals surface area contributed by atoms with E-state index in [1.807, 2.05) is 0 Å². The molecule has 0 aliphatic rings. The molecule has 0 saturated carbocycles. The molecule has 0 saturated heterocycles. The van der Waals surface area contributed by atoms with Crippen LogP contribution < -0.4 is 0 Å². The number of allylic oxidation sites excluding steroid dienone is 14. The molecule has 62 heavy (non-hydrogen) atoms. The predicted octanol–water partition coefficient (Wildman–Crippen LogP) is 16.8. The van der Waals surface area contributed by atoms with Crippen LogP contribution in [-0.2, 0) is 28.6 Å². The Hall–Kier alpha value is -3.41. The van der Waals surface area contributed by atoms with E-state index in [0.717, 1.165) is 122 Å². The van der Waals surface area contributed by atoms with Gasteiger partial charge in [-0.25, -0.2) is 0 Å². The number of ether oxygens (including phenoxy) is 3. The summed E-state index contributed by atoms with van der Waals surface area (Å²) in [6, 6.07) is 0. The summed E-state index contributed by atoms with van der Waals surface area (Å²) in [5.74, 6) is -0.950. The zero-order valence-electron chi connectivity index (χ0n) is 40.4. The van der Waals surface area contributed by atoms with Gasteiger partial charge in [0, 0.05) is 19.3 Å². The van der Waals surface area contributed by atoms with Gasteiger partial charge in [-0.1, -0.05) is 189 Å². The topological polar surface area (TPSA) is 78.9 Å². The predicted molar refractivity (Wildman–Crippen MR) is 265 cm³/mol. The van der Waals surface area contributed by atoms with Crippen LogP contribution >= 0.6 is 0 Å². The Labute approximate surface area is 382 Å². The fourth-order valence-corrected chi connectivity index (χ4v) is 6.74. The van der Waals surface area contributed by atoms with Crippen molar-refractivity contribution in [1.29, 1.82) is 0 Å². The molecule has 1 atom stereocenters. The van der Waals surface area contributed by atoms with E-state index in [4.69, 9.17) is 14.2 Å². The van der Waals surface area contributed by atoms with Gasteiger partial charge in [-0.05, 0) is 109 Å². The Balaban J connectivity index is 4.45. The van der Waals surface area contributed by atoms with Crippen molar-refractivity contribution in [3.8, 4) is 0 Å². The molecule has 1 unspecified atom stereocenters. The van der Waals surface area contributed by atoms with E-state index in [9.17, 15) is 14.4 Å². The summed E-state index contributed by atoms with van der Waals surface area (Å²) in [5, 5.41) is 0. The van der Waals surface area contributed by atoms with Gasteiger partial charge in [-0.2, -0.15) is 0 Å². The highest BCUT2D eigenvalue weighted by Gasteiger charge is 2.19. The summed E-state index contributed by atoms with van der Waals surface area (Å²) in [6.07, 6.45) is 64.2. The van der Waals surface area contributed by atoms with Gasteiger partial charge in [-0.15, -0.1) is 0 Å². The van der Waals surface area contributed by atoms with Crippen molar-refractivity contribution < 1.29 is 28.6 Å². The van der Waals surface area contributed by atoms with Crippen LogP contribution in [0.15, 0.2) is 85.1 Å². The average molecular weight is 863 g/mol. The first-order valence-corrected chi connectivity index (χ1v) is 25.6. The van der Waals surface area contributed by atoms with Gasteiger partial charge >= 0.3 is 17.9 Å². The summed E-state index contributed by atoms with van der Waals surface area (Å²) in [5.41, 5.74) is 0. The van der Waals surface area contributed by atoms with E-state index in [-0.39, 0.29) is 31.1 Å². The summed E-state index contributed by atoms with van der Waals surface area (Å²) >= 11 is 0. The molecular formula is C56H94O6. The first-order valence-electron chi connectivity index (χ1n) is 25.6. The number of hydrogen-bond acceptors (Lipinski definition) is 6. The zero-order valence-corrected chi connectivity index (χ0v) is 40.4. The minimum atomic E-state index is -0.799. The van der Waals surface area contributed by atoms with Crippen molar-refractivity contribution in [2.24, 2.45) is 0 Å². The highest BCUT2D eigenvalue weighted by molar-refractivity contribution is 5.71. The fourth-order valence-electron chi connectivity index (χ4n) is 6.74. The summed E-state index contributed by atoms with van der Waals surface area (Å²) in [7, 11) is 0. The second-order valence-electron chi connectivity index (χ2n) is 16.7. The molecule has 0 aromatic carbocycles. The maximum atomic E-state index is 12.8. The smallest absolute Gasteiger partial charge is 0.306 e. The Morgan fingerprint density at radius 1 is 0.339 bits per heavy atom. The third-order valence-corrected chi connectivity index (χ3v) is 10.6. The van der Waals surface area contributed by atoms with Gasteiger partial charge < -0.3 is 14.2 Å². The molecule has 0 bridgehead atoms. The molecule has 0 amide bonds. The molecule has 0 aromatic heterocycles. The van der Waals surface area contributed by atoms with E-state index in [0.29, 0.717) is 19.3 Å². The number of carbonyl (C=O) groups excluding carboxylic acids is 3. The molecule has 0 aliphatic carbocycles. The Morgan fingerprint density at radius 2 is 0.645 bits per heavy atom.